The van der Waals surface area contributed by atoms with Crippen LogP contribution in [0.15, 0.2) is 18.3 Å². The number of hydrogen-bond acceptors (Lipinski definition) is 3. The van der Waals surface area contributed by atoms with Crippen LogP contribution in [0.2, 0.25) is 5.15 Å². The molecular weight excluding hydrogens is 269 g/mol. The maximum absolute atomic E-state index is 12.4. The fourth-order valence-corrected chi connectivity index (χ4v) is 1.76. The third-order valence-electron chi connectivity index (χ3n) is 2.23. The van der Waals surface area contributed by atoms with Crippen LogP contribution in [-0.2, 0) is 6.54 Å². The van der Waals surface area contributed by atoms with E-state index in [0.717, 1.165) is 0 Å². The van der Waals surface area contributed by atoms with Gasteiger partial charge in [0.2, 0.25) is 0 Å². The summed E-state index contributed by atoms with van der Waals surface area (Å²) in [5, 5.41) is 8.94. The first kappa shape index (κ1) is 15.2. The van der Waals surface area contributed by atoms with Crippen molar-refractivity contribution in [2.75, 3.05) is 19.7 Å². The van der Waals surface area contributed by atoms with Gasteiger partial charge in [-0.15, -0.1) is 0 Å². The van der Waals surface area contributed by atoms with Crippen LogP contribution in [0.4, 0.5) is 13.2 Å². The van der Waals surface area contributed by atoms with Crippen molar-refractivity contribution in [2.24, 2.45) is 0 Å². The minimum absolute atomic E-state index is 0.127. The number of rotatable bonds is 6. The molecule has 0 unspecified atom stereocenters. The number of aliphatic hydroxyl groups is 1. The van der Waals surface area contributed by atoms with Crippen molar-refractivity contribution in [3.05, 3.63) is 29.0 Å². The van der Waals surface area contributed by atoms with Crippen LogP contribution in [-0.4, -0.2) is 40.9 Å². The van der Waals surface area contributed by atoms with Crippen molar-refractivity contribution in [3.63, 3.8) is 0 Å². The fraction of sp³-hybridized carbons (Fsp3) is 0.545. The summed E-state index contributed by atoms with van der Waals surface area (Å²) in [7, 11) is 0. The van der Waals surface area contributed by atoms with Gasteiger partial charge in [0.1, 0.15) is 5.15 Å². The van der Waals surface area contributed by atoms with E-state index in [1.165, 1.54) is 17.2 Å². The molecule has 1 N–H and O–H groups in total. The Kier molecular flexibility index (Phi) is 5.84. The zero-order chi connectivity index (χ0) is 13.6. The van der Waals surface area contributed by atoms with Crippen molar-refractivity contribution in [1.82, 2.24) is 9.88 Å². The number of alkyl halides is 3. The molecule has 1 aromatic rings. The van der Waals surface area contributed by atoms with Gasteiger partial charge < -0.3 is 5.11 Å². The number of aromatic nitrogens is 1. The third-order valence-corrected chi connectivity index (χ3v) is 2.44. The van der Waals surface area contributed by atoms with E-state index in [9.17, 15) is 13.2 Å². The molecule has 0 saturated heterocycles. The van der Waals surface area contributed by atoms with Crippen molar-refractivity contribution in [1.29, 1.82) is 0 Å². The van der Waals surface area contributed by atoms with Crippen LogP contribution in [0, 0.1) is 0 Å². The summed E-state index contributed by atoms with van der Waals surface area (Å²) in [6, 6.07) is 3.15. The summed E-state index contributed by atoms with van der Waals surface area (Å²) in [5.41, 5.74) is 0.664. The quantitative estimate of drug-likeness (QED) is 0.815. The van der Waals surface area contributed by atoms with Gasteiger partial charge in [-0.25, -0.2) is 4.98 Å². The molecule has 1 rings (SSSR count). The molecule has 0 radical (unpaired) electrons. The molecule has 1 heterocycles. The molecule has 0 bridgehead atoms. The van der Waals surface area contributed by atoms with Crippen LogP contribution >= 0.6 is 11.6 Å². The highest BCUT2D eigenvalue weighted by Gasteiger charge is 2.30. The van der Waals surface area contributed by atoms with Gasteiger partial charge in [0, 0.05) is 25.9 Å². The second kappa shape index (κ2) is 6.92. The average molecular weight is 283 g/mol. The third kappa shape index (κ3) is 6.18. The van der Waals surface area contributed by atoms with Gasteiger partial charge in [-0.05, 0) is 24.1 Å². The number of aliphatic hydroxyl groups excluding tert-OH is 1. The lowest BCUT2D eigenvalue weighted by Crippen LogP contribution is -2.34. The van der Waals surface area contributed by atoms with Gasteiger partial charge in [-0.2, -0.15) is 13.2 Å². The van der Waals surface area contributed by atoms with Crippen LogP contribution in [0.1, 0.15) is 12.0 Å². The van der Waals surface area contributed by atoms with Gasteiger partial charge in [-0.1, -0.05) is 11.6 Å². The predicted molar refractivity (Wildman–Crippen MR) is 62.3 cm³/mol. The molecule has 0 saturated carbocycles. The standard InChI is InChI=1S/C11H14ClF3N2O/c12-10-6-9(2-3-16-10)7-17(4-1-5-18)8-11(13,14)15/h2-3,6,18H,1,4-5,7-8H2. The molecule has 0 atom stereocenters. The Morgan fingerprint density at radius 2 is 2.11 bits per heavy atom. The van der Waals surface area contributed by atoms with E-state index >= 15 is 0 Å². The Labute approximate surface area is 108 Å². The van der Waals surface area contributed by atoms with Crippen LogP contribution in [0.3, 0.4) is 0 Å². The first-order chi connectivity index (χ1) is 8.40. The van der Waals surface area contributed by atoms with Gasteiger partial charge in [0.15, 0.2) is 0 Å². The second-order valence-corrected chi connectivity index (χ2v) is 4.28. The molecule has 0 aliphatic carbocycles. The molecule has 3 nitrogen and oxygen atoms in total. The molecule has 0 aromatic carbocycles. The molecule has 0 aliphatic rings. The minimum atomic E-state index is -4.26. The Balaban J connectivity index is 2.65. The SMILES string of the molecule is OCCCN(Cc1ccnc(Cl)c1)CC(F)(F)F. The lowest BCUT2D eigenvalue weighted by molar-refractivity contribution is -0.147. The van der Waals surface area contributed by atoms with Crippen molar-refractivity contribution >= 4 is 11.6 Å². The number of hydrogen-bond donors (Lipinski definition) is 1. The molecule has 1 aromatic heterocycles. The molecule has 0 aliphatic heterocycles. The van der Waals surface area contributed by atoms with E-state index in [1.807, 2.05) is 0 Å². The maximum atomic E-state index is 12.4. The summed E-state index contributed by atoms with van der Waals surface area (Å²) in [6.45, 7) is -0.837. The van der Waals surface area contributed by atoms with Crippen LogP contribution in [0.5, 0.6) is 0 Å². The van der Waals surface area contributed by atoms with Crippen molar-refractivity contribution in [3.8, 4) is 0 Å². The minimum Gasteiger partial charge on any atom is -0.396 e. The number of pyridine rings is 1. The Hall–Kier alpha value is -0.850. The normalized spacial score (nSPS) is 12.1. The lowest BCUT2D eigenvalue weighted by Gasteiger charge is -2.23. The van der Waals surface area contributed by atoms with Gasteiger partial charge in [0.05, 0.1) is 6.54 Å². The van der Waals surface area contributed by atoms with Crippen molar-refractivity contribution < 1.29 is 18.3 Å². The molecule has 0 spiro atoms. The first-order valence-electron chi connectivity index (χ1n) is 5.41. The average Bonchev–Trinajstić information content (AvgIpc) is 2.24. The van der Waals surface area contributed by atoms with E-state index in [1.54, 1.807) is 6.07 Å². The molecule has 18 heavy (non-hydrogen) atoms. The second-order valence-electron chi connectivity index (χ2n) is 3.89. The molecule has 0 amide bonds. The highest BCUT2D eigenvalue weighted by Crippen LogP contribution is 2.19. The van der Waals surface area contributed by atoms with E-state index in [4.69, 9.17) is 16.7 Å². The largest absolute Gasteiger partial charge is 0.401 e. The Morgan fingerprint density at radius 3 is 2.67 bits per heavy atom. The van der Waals surface area contributed by atoms with Gasteiger partial charge >= 0.3 is 6.18 Å². The van der Waals surface area contributed by atoms with Crippen LogP contribution < -0.4 is 0 Å². The lowest BCUT2D eigenvalue weighted by atomic mass is 10.2. The summed E-state index contributed by atoms with van der Waals surface area (Å²) in [4.78, 5) is 4.99. The predicted octanol–water partition coefficient (Wildman–Crippen LogP) is 2.48. The Bertz CT molecular complexity index is 374. The Morgan fingerprint density at radius 1 is 1.39 bits per heavy atom. The zero-order valence-corrected chi connectivity index (χ0v) is 10.4. The smallest absolute Gasteiger partial charge is 0.396 e. The van der Waals surface area contributed by atoms with Gasteiger partial charge in [-0.3, -0.25) is 4.90 Å². The number of halogens is 4. The van der Waals surface area contributed by atoms with E-state index in [-0.39, 0.29) is 24.8 Å². The highest BCUT2D eigenvalue weighted by molar-refractivity contribution is 6.29. The summed E-state index contributed by atoms with van der Waals surface area (Å²) >= 11 is 5.67. The van der Waals surface area contributed by atoms with E-state index in [0.29, 0.717) is 12.0 Å². The zero-order valence-electron chi connectivity index (χ0n) is 9.62. The van der Waals surface area contributed by atoms with E-state index in [2.05, 4.69) is 4.98 Å². The highest BCUT2D eigenvalue weighted by atomic mass is 35.5. The molecule has 0 fully saturated rings. The summed E-state index contributed by atoms with van der Waals surface area (Å²) in [5.74, 6) is 0. The fourth-order valence-electron chi connectivity index (χ4n) is 1.56. The molecule has 102 valence electrons. The van der Waals surface area contributed by atoms with Crippen molar-refractivity contribution in [2.45, 2.75) is 19.1 Å². The number of nitrogens with zero attached hydrogens (tertiary/aromatic N) is 2. The van der Waals surface area contributed by atoms with E-state index < -0.39 is 12.7 Å². The van der Waals surface area contributed by atoms with Crippen LogP contribution in [0.25, 0.3) is 0 Å². The summed E-state index contributed by atoms with van der Waals surface area (Å²) in [6.07, 6.45) is -2.50. The molecule has 7 heteroatoms. The topological polar surface area (TPSA) is 36.4 Å². The molecular formula is C11H14ClF3N2O. The van der Waals surface area contributed by atoms with Gasteiger partial charge in [0.25, 0.3) is 0 Å². The first-order valence-corrected chi connectivity index (χ1v) is 5.79. The summed E-state index contributed by atoms with van der Waals surface area (Å²) < 4.78 is 37.1. The monoisotopic (exact) mass is 282 g/mol. The maximum Gasteiger partial charge on any atom is 0.401 e.